The van der Waals surface area contributed by atoms with Crippen LogP contribution in [-0.4, -0.2) is 75.5 Å². The SMILES string of the molecule is COC(=O)CCC([N+](=O)[O-])C1(O)CN(c2cc(C)c(S(=O)(=O)N(Cc3ccc(OC)cc3OC)c3cccc(F)n3)c(F)c2Cl)C1. The summed E-state index contributed by atoms with van der Waals surface area (Å²) in [6.07, 6.45) is -0.601. The molecule has 2 heterocycles. The fourth-order valence-electron chi connectivity index (χ4n) is 5.26. The summed E-state index contributed by atoms with van der Waals surface area (Å²) >= 11 is 6.37. The predicted octanol–water partition coefficient (Wildman–Crippen LogP) is 3.88. The van der Waals surface area contributed by atoms with Gasteiger partial charge in [0.25, 0.3) is 10.0 Å². The molecule has 3 aromatic rings. The van der Waals surface area contributed by atoms with E-state index in [0.717, 1.165) is 13.2 Å². The number of aliphatic hydroxyl groups is 1. The molecular weight excluding hydrogens is 654 g/mol. The molecule has 1 unspecified atom stereocenters. The second kappa shape index (κ2) is 13.6. The summed E-state index contributed by atoms with van der Waals surface area (Å²) in [7, 11) is -0.896. The van der Waals surface area contributed by atoms with E-state index in [0.29, 0.717) is 15.6 Å². The molecule has 46 heavy (non-hydrogen) atoms. The molecule has 1 N–H and O–H groups in total. The Kier molecular flexibility index (Phi) is 10.2. The van der Waals surface area contributed by atoms with Gasteiger partial charge in [0.05, 0.1) is 53.1 Å². The molecule has 248 valence electrons. The van der Waals surface area contributed by atoms with E-state index in [1.807, 2.05) is 0 Å². The smallest absolute Gasteiger partial charge is 0.305 e. The first-order valence-corrected chi connectivity index (χ1v) is 15.5. The Labute approximate surface area is 268 Å². The number of hydrogen-bond acceptors (Lipinski definition) is 11. The lowest BCUT2D eigenvalue weighted by Gasteiger charge is -2.48. The summed E-state index contributed by atoms with van der Waals surface area (Å²) < 4.78 is 74.5. The van der Waals surface area contributed by atoms with Crippen molar-refractivity contribution in [2.75, 3.05) is 43.6 Å². The van der Waals surface area contributed by atoms with Crippen molar-refractivity contribution in [3.8, 4) is 11.5 Å². The first kappa shape index (κ1) is 34.6. The van der Waals surface area contributed by atoms with Crippen molar-refractivity contribution < 1.29 is 46.2 Å². The minimum Gasteiger partial charge on any atom is -0.497 e. The zero-order valence-electron chi connectivity index (χ0n) is 25.2. The maximum Gasteiger partial charge on any atom is 0.305 e. The fraction of sp³-hybridized carbons (Fsp3) is 0.379. The fourth-order valence-corrected chi connectivity index (χ4v) is 7.26. The van der Waals surface area contributed by atoms with Crippen LogP contribution in [0.4, 0.5) is 20.3 Å². The Morgan fingerprint density at radius 1 is 1.20 bits per heavy atom. The number of aryl methyl sites for hydroxylation is 1. The number of esters is 1. The van der Waals surface area contributed by atoms with E-state index in [4.69, 9.17) is 21.1 Å². The summed E-state index contributed by atoms with van der Waals surface area (Å²) in [5.41, 5.74) is -1.66. The molecule has 1 aliphatic rings. The third-order valence-electron chi connectivity index (χ3n) is 7.63. The van der Waals surface area contributed by atoms with E-state index < -0.39 is 60.8 Å². The number of pyridine rings is 1. The quantitative estimate of drug-likeness (QED) is 0.120. The van der Waals surface area contributed by atoms with E-state index in [1.165, 1.54) is 56.4 Å². The Balaban J connectivity index is 1.71. The van der Waals surface area contributed by atoms with Crippen LogP contribution < -0.4 is 18.7 Å². The maximum absolute atomic E-state index is 16.1. The summed E-state index contributed by atoms with van der Waals surface area (Å²) in [6, 6.07) is 7.87. The number of nitrogens with zero attached hydrogens (tertiary/aromatic N) is 4. The Hall–Kier alpha value is -4.28. The second-order valence-corrected chi connectivity index (χ2v) is 12.7. The maximum atomic E-state index is 16.1. The van der Waals surface area contributed by atoms with Gasteiger partial charge in [-0.3, -0.25) is 14.9 Å². The molecule has 17 heteroatoms. The van der Waals surface area contributed by atoms with Crippen LogP contribution in [0.2, 0.25) is 5.02 Å². The summed E-state index contributed by atoms with van der Waals surface area (Å²) in [5.74, 6) is -2.67. The Bertz CT molecular complexity index is 1760. The van der Waals surface area contributed by atoms with Crippen LogP contribution in [-0.2, 0) is 26.1 Å². The van der Waals surface area contributed by atoms with Gasteiger partial charge in [0, 0.05) is 23.0 Å². The van der Waals surface area contributed by atoms with Crippen LogP contribution in [0.1, 0.15) is 24.0 Å². The van der Waals surface area contributed by atoms with Gasteiger partial charge in [-0.25, -0.2) is 22.1 Å². The van der Waals surface area contributed by atoms with Crippen molar-refractivity contribution in [1.82, 2.24) is 4.98 Å². The van der Waals surface area contributed by atoms with Gasteiger partial charge in [0.15, 0.2) is 11.4 Å². The van der Waals surface area contributed by atoms with E-state index in [9.17, 15) is 32.8 Å². The van der Waals surface area contributed by atoms with Crippen molar-refractivity contribution in [2.24, 2.45) is 0 Å². The van der Waals surface area contributed by atoms with Gasteiger partial charge in [-0.05, 0) is 42.8 Å². The zero-order chi connectivity index (χ0) is 34.0. The third kappa shape index (κ3) is 6.78. The second-order valence-electron chi connectivity index (χ2n) is 10.6. The highest BCUT2D eigenvalue weighted by Gasteiger charge is 2.54. The van der Waals surface area contributed by atoms with Crippen molar-refractivity contribution >= 4 is 39.1 Å². The lowest BCUT2D eigenvalue weighted by molar-refractivity contribution is -0.547. The molecular formula is C29H31ClF2N4O9S. The minimum absolute atomic E-state index is 0.0115. The average molecular weight is 685 g/mol. The number of methoxy groups -OCH3 is 3. The number of halogens is 3. The molecule has 1 saturated heterocycles. The van der Waals surface area contributed by atoms with Gasteiger partial charge in [-0.2, -0.15) is 4.39 Å². The third-order valence-corrected chi connectivity index (χ3v) is 9.91. The molecule has 0 aliphatic carbocycles. The highest BCUT2D eigenvalue weighted by Crippen LogP contribution is 2.42. The number of aromatic nitrogens is 1. The number of ether oxygens (including phenoxy) is 3. The molecule has 0 radical (unpaired) electrons. The van der Waals surface area contributed by atoms with Crippen molar-refractivity contribution in [2.45, 2.75) is 42.8 Å². The molecule has 2 aromatic carbocycles. The number of benzene rings is 2. The van der Waals surface area contributed by atoms with Crippen molar-refractivity contribution in [3.63, 3.8) is 0 Å². The number of nitro groups is 1. The van der Waals surface area contributed by atoms with Crippen LogP contribution in [0.3, 0.4) is 0 Å². The van der Waals surface area contributed by atoms with Crippen LogP contribution in [0, 0.1) is 28.8 Å². The standard InChI is InChI=1S/C29H31ClF2N4O9S/c1-17-12-20(34-15-29(38,16-34)22(36(39)40)10-11-25(37)45-4)26(30)27(32)28(17)46(41,42)35(24-7-5-6-23(31)33-24)14-18-8-9-19(43-2)13-21(18)44-3/h5-9,12-13,22,38H,10-11,14-16H2,1-4H3. The van der Waals surface area contributed by atoms with E-state index in [-0.39, 0.29) is 48.7 Å². The van der Waals surface area contributed by atoms with Crippen molar-refractivity contribution in [3.05, 3.63) is 80.5 Å². The predicted molar refractivity (Wildman–Crippen MR) is 162 cm³/mol. The van der Waals surface area contributed by atoms with Crippen LogP contribution in [0.15, 0.2) is 47.4 Å². The van der Waals surface area contributed by atoms with Crippen LogP contribution >= 0.6 is 11.6 Å². The van der Waals surface area contributed by atoms with Gasteiger partial charge in [0.1, 0.15) is 27.2 Å². The average Bonchev–Trinajstić information content (AvgIpc) is 2.99. The molecule has 0 spiro atoms. The molecule has 1 fully saturated rings. The summed E-state index contributed by atoms with van der Waals surface area (Å²) in [6.45, 7) is 0.183. The van der Waals surface area contributed by atoms with E-state index in [2.05, 4.69) is 9.72 Å². The first-order valence-electron chi connectivity index (χ1n) is 13.7. The number of β-amino-alcohol motifs (C(OH)–C–C–N with tert-alkyl or cyclic N) is 1. The lowest BCUT2D eigenvalue weighted by atomic mass is 9.83. The topological polar surface area (TPSA) is 162 Å². The summed E-state index contributed by atoms with van der Waals surface area (Å²) in [4.78, 5) is 26.8. The van der Waals surface area contributed by atoms with Gasteiger partial charge in [0.2, 0.25) is 12.0 Å². The normalized spacial score (nSPS) is 14.7. The number of rotatable bonds is 13. The number of carbonyl (C=O) groups is 1. The molecule has 0 bridgehead atoms. The first-order chi connectivity index (χ1) is 21.7. The summed E-state index contributed by atoms with van der Waals surface area (Å²) in [5, 5.41) is 22.1. The van der Waals surface area contributed by atoms with E-state index in [1.54, 1.807) is 6.07 Å². The number of carbonyl (C=O) groups excluding carboxylic acids is 1. The minimum atomic E-state index is -4.83. The number of sulfonamides is 1. The highest BCUT2D eigenvalue weighted by atomic mass is 35.5. The number of anilines is 2. The van der Waals surface area contributed by atoms with Crippen LogP contribution in [0.25, 0.3) is 0 Å². The van der Waals surface area contributed by atoms with Gasteiger partial charge >= 0.3 is 5.97 Å². The largest absolute Gasteiger partial charge is 0.497 e. The highest BCUT2D eigenvalue weighted by molar-refractivity contribution is 7.92. The molecule has 1 aliphatic heterocycles. The Morgan fingerprint density at radius 2 is 1.89 bits per heavy atom. The molecule has 13 nitrogen and oxygen atoms in total. The molecule has 4 rings (SSSR count). The van der Waals surface area contributed by atoms with Gasteiger partial charge in [-0.1, -0.05) is 17.7 Å². The van der Waals surface area contributed by atoms with Gasteiger partial charge in [-0.15, -0.1) is 0 Å². The molecule has 0 amide bonds. The van der Waals surface area contributed by atoms with E-state index >= 15 is 4.39 Å². The zero-order valence-corrected chi connectivity index (χ0v) is 26.8. The number of hydrogen-bond donors (Lipinski definition) is 1. The van der Waals surface area contributed by atoms with Crippen LogP contribution in [0.5, 0.6) is 11.5 Å². The van der Waals surface area contributed by atoms with Crippen molar-refractivity contribution in [1.29, 1.82) is 0 Å². The Morgan fingerprint density at radius 3 is 2.48 bits per heavy atom. The molecule has 1 aromatic heterocycles. The molecule has 0 saturated carbocycles. The molecule has 1 atom stereocenters. The lowest BCUT2D eigenvalue weighted by Crippen LogP contribution is -2.69. The van der Waals surface area contributed by atoms with Gasteiger partial charge < -0.3 is 24.2 Å². The monoisotopic (exact) mass is 684 g/mol.